The van der Waals surface area contributed by atoms with Gasteiger partial charge in [0, 0.05) is 35.6 Å². The molecule has 0 saturated heterocycles. The third-order valence-corrected chi connectivity index (χ3v) is 3.95. The van der Waals surface area contributed by atoms with Gasteiger partial charge in [-0.2, -0.15) is 0 Å². The molecular weight excluding hydrogens is 330 g/mol. The van der Waals surface area contributed by atoms with Crippen LogP contribution < -0.4 is 4.90 Å². The van der Waals surface area contributed by atoms with Crippen molar-refractivity contribution in [3.05, 3.63) is 50.5 Å². The van der Waals surface area contributed by atoms with Gasteiger partial charge in [-0.25, -0.2) is 4.98 Å². The molecule has 2 aromatic rings. The van der Waals surface area contributed by atoms with Gasteiger partial charge >= 0.3 is 0 Å². The van der Waals surface area contributed by atoms with Crippen LogP contribution in [-0.2, 0) is 11.9 Å². The molecule has 0 saturated carbocycles. The maximum absolute atomic E-state index is 10.8. The summed E-state index contributed by atoms with van der Waals surface area (Å²) in [6.45, 7) is 0.682. The molecule has 7 heteroatoms. The molecule has 5 nitrogen and oxygen atoms in total. The molecule has 100 valence electrons. The number of non-ortho nitro benzene ring substituents is 1. The van der Waals surface area contributed by atoms with Crippen molar-refractivity contribution in [3.8, 4) is 0 Å². The second-order valence-corrected chi connectivity index (χ2v) is 5.32. The normalized spacial score (nSPS) is 10.4. The maximum Gasteiger partial charge on any atom is 0.269 e. The Balaban J connectivity index is 2.25. The molecule has 0 aliphatic heterocycles. The van der Waals surface area contributed by atoms with Gasteiger partial charge in [0.1, 0.15) is 0 Å². The Morgan fingerprint density at radius 3 is 2.89 bits per heavy atom. The predicted molar refractivity (Wildman–Crippen MR) is 79.9 cm³/mol. The Kier molecular flexibility index (Phi) is 4.49. The van der Waals surface area contributed by atoms with Crippen molar-refractivity contribution in [2.45, 2.75) is 11.9 Å². The van der Waals surface area contributed by atoms with Crippen LogP contribution in [0.4, 0.5) is 11.4 Å². The number of alkyl halides is 1. The lowest BCUT2D eigenvalue weighted by molar-refractivity contribution is -0.384. The highest BCUT2D eigenvalue weighted by Crippen LogP contribution is 2.27. The number of halogens is 1. The van der Waals surface area contributed by atoms with E-state index < -0.39 is 0 Å². The first-order valence-corrected chi connectivity index (χ1v) is 7.59. The average Bonchev–Trinajstić information content (AvgIpc) is 2.90. The van der Waals surface area contributed by atoms with E-state index in [4.69, 9.17) is 0 Å². The van der Waals surface area contributed by atoms with E-state index in [9.17, 15) is 10.1 Å². The number of nitro benzene ring substituents is 1. The second kappa shape index (κ2) is 6.12. The van der Waals surface area contributed by atoms with Crippen molar-refractivity contribution >= 4 is 38.6 Å². The smallest absolute Gasteiger partial charge is 0.269 e. The number of aromatic nitrogens is 1. The molecule has 0 spiro atoms. The van der Waals surface area contributed by atoms with E-state index in [1.54, 1.807) is 29.0 Å². The van der Waals surface area contributed by atoms with Crippen LogP contribution in [0.3, 0.4) is 0 Å². The van der Waals surface area contributed by atoms with Crippen LogP contribution in [0.1, 0.15) is 11.3 Å². The van der Waals surface area contributed by atoms with Crippen LogP contribution in [0.15, 0.2) is 29.1 Å². The lowest BCUT2D eigenvalue weighted by atomic mass is 10.1. The van der Waals surface area contributed by atoms with Gasteiger partial charge in [-0.3, -0.25) is 10.1 Å². The number of benzene rings is 1. The zero-order valence-electron chi connectivity index (χ0n) is 10.2. The Labute approximate surface area is 123 Å². The summed E-state index contributed by atoms with van der Waals surface area (Å²) >= 11 is 4.93. The molecule has 1 heterocycles. The highest BCUT2D eigenvalue weighted by Gasteiger charge is 2.13. The molecule has 0 fully saturated rings. The summed E-state index contributed by atoms with van der Waals surface area (Å²) in [7, 11) is 1.95. The van der Waals surface area contributed by atoms with E-state index in [-0.39, 0.29) is 10.6 Å². The minimum atomic E-state index is -0.379. The lowest BCUT2D eigenvalue weighted by Crippen LogP contribution is -2.18. The third kappa shape index (κ3) is 3.30. The molecule has 0 unspecified atom stereocenters. The number of rotatable bonds is 5. The number of anilines is 1. The van der Waals surface area contributed by atoms with Gasteiger partial charge in [0.15, 0.2) is 0 Å². The highest BCUT2D eigenvalue weighted by molar-refractivity contribution is 9.08. The van der Waals surface area contributed by atoms with E-state index in [2.05, 4.69) is 20.9 Å². The predicted octanol–water partition coefficient (Wildman–Crippen LogP) is 3.58. The van der Waals surface area contributed by atoms with Gasteiger partial charge in [-0.1, -0.05) is 15.9 Å². The summed E-state index contributed by atoms with van der Waals surface area (Å²) in [5.41, 5.74) is 4.76. The largest absolute Gasteiger partial charge is 0.368 e. The van der Waals surface area contributed by atoms with E-state index in [1.807, 2.05) is 17.3 Å². The highest BCUT2D eigenvalue weighted by atomic mass is 79.9. The summed E-state index contributed by atoms with van der Waals surface area (Å²) in [5, 5.41) is 13.3. The van der Waals surface area contributed by atoms with Crippen LogP contribution >= 0.6 is 27.3 Å². The number of nitrogens with zero attached hydrogens (tertiary/aromatic N) is 3. The van der Waals surface area contributed by atoms with Crippen molar-refractivity contribution in [1.82, 2.24) is 4.98 Å². The molecule has 0 aliphatic rings. The van der Waals surface area contributed by atoms with Crippen molar-refractivity contribution in [3.63, 3.8) is 0 Å². The van der Waals surface area contributed by atoms with Crippen LogP contribution in [0.25, 0.3) is 0 Å². The Bertz CT molecular complexity index is 574. The lowest BCUT2D eigenvalue weighted by Gasteiger charge is -2.20. The summed E-state index contributed by atoms with van der Waals surface area (Å²) in [4.78, 5) is 16.7. The molecule has 19 heavy (non-hydrogen) atoms. The van der Waals surface area contributed by atoms with Crippen molar-refractivity contribution < 1.29 is 4.92 Å². The Morgan fingerprint density at radius 2 is 2.32 bits per heavy atom. The molecule has 2 rings (SSSR count). The minimum absolute atomic E-state index is 0.111. The fourth-order valence-electron chi connectivity index (χ4n) is 1.81. The quantitative estimate of drug-likeness (QED) is 0.473. The van der Waals surface area contributed by atoms with Gasteiger partial charge < -0.3 is 4.90 Å². The van der Waals surface area contributed by atoms with Crippen molar-refractivity contribution in [2.75, 3.05) is 11.9 Å². The van der Waals surface area contributed by atoms with Gasteiger partial charge in [-0.05, 0) is 11.6 Å². The van der Waals surface area contributed by atoms with Gasteiger partial charge in [-0.15, -0.1) is 11.3 Å². The van der Waals surface area contributed by atoms with Crippen LogP contribution in [0, 0.1) is 10.1 Å². The van der Waals surface area contributed by atoms with Crippen molar-refractivity contribution in [1.29, 1.82) is 0 Å². The average molecular weight is 342 g/mol. The van der Waals surface area contributed by atoms with E-state index in [0.29, 0.717) is 11.9 Å². The number of hydrogen-bond donors (Lipinski definition) is 0. The van der Waals surface area contributed by atoms with Gasteiger partial charge in [0.25, 0.3) is 5.69 Å². The van der Waals surface area contributed by atoms with Crippen LogP contribution in [0.5, 0.6) is 0 Å². The molecule has 0 radical (unpaired) electrons. The summed E-state index contributed by atoms with van der Waals surface area (Å²) < 4.78 is 0. The first-order chi connectivity index (χ1) is 9.11. The first-order valence-electron chi connectivity index (χ1n) is 5.53. The monoisotopic (exact) mass is 341 g/mol. The molecule has 1 aromatic carbocycles. The molecule has 0 amide bonds. The Hall–Kier alpha value is -1.47. The number of nitro groups is 1. The zero-order valence-corrected chi connectivity index (χ0v) is 12.6. The molecule has 1 aromatic heterocycles. The Morgan fingerprint density at radius 1 is 1.53 bits per heavy atom. The zero-order chi connectivity index (χ0) is 13.8. The molecular formula is C12H12BrN3O2S. The van der Waals surface area contributed by atoms with E-state index in [0.717, 1.165) is 16.9 Å². The summed E-state index contributed by atoms with van der Waals surface area (Å²) in [6, 6.07) is 4.90. The molecule has 0 bridgehead atoms. The maximum atomic E-state index is 10.8. The second-order valence-electron chi connectivity index (χ2n) is 4.04. The third-order valence-electron chi connectivity index (χ3n) is 2.71. The summed E-state index contributed by atoms with van der Waals surface area (Å²) in [6.07, 6.45) is 0. The standard InChI is InChI=1S/C12H12BrN3O2S/c1-15(6-10-7-19-8-14-10)12-3-2-11(16(17)18)4-9(12)5-13/h2-4,7-8H,5-6H2,1H3. The fourth-order valence-corrected chi connectivity index (χ4v) is 2.81. The fraction of sp³-hybridized carbons (Fsp3) is 0.250. The SMILES string of the molecule is CN(Cc1cscn1)c1ccc([N+](=O)[O-])cc1CBr. The van der Waals surface area contributed by atoms with Crippen LogP contribution in [0.2, 0.25) is 0 Å². The molecule has 0 atom stereocenters. The number of hydrogen-bond acceptors (Lipinski definition) is 5. The van der Waals surface area contributed by atoms with Crippen LogP contribution in [-0.4, -0.2) is 17.0 Å². The molecule has 0 N–H and O–H groups in total. The topological polar surface area (TPSA) is 59.3 Å². The van der Waals surface area contributed by atoms with Gasteiger partial charge in [0.05, 0.1) is 22.7 Å². The van der Waals surface area contributed by atoms with E-state index >= 15 is 0 Å². The first kappa shape index (κ1) is 14.0. The van der Waals surface area contributed by atoms with E-state index in [1.165, 1.54) is 6.07 Å². The van der Waals surface area contributed by atoms with Gasteiger partial charge in [0.2, 0.25) is 0 Å². The summed E-state index contributed by atoms with van der Waals surface area (Å²) in [5.74, 6) is 0. The minimum Gasteiger partial charge on any atom is -0.368 e. The number of thiazole rings is 1. The van der Waals surface area contributed by atoms with Crippen molar-refractivity contribution in [2.24, 2.45) is 0 Å². The molecule has 0 aliphatic carbocycles.